The van der Waals surface area contributed by atoms with Crippen LogP contribution in [0.25, 0.3) is 0 Å². The number of aromatic carboxylic acids is 1. The predicted octanol–water partition coefficient (Wildman–Crippen LogP) is 1.20. The van der Waals surface area contributed by atoms with E-state index >= 15 is 0 Å². The molecule has 1 heterocycles. The van der Waals surface area contributed by atoms with Crippen molar-refractivity contribution in [1.82, 2.24) is 19.9 Å². The van der Waals surface area contributed by atoms with Gasteiger partial charge in [-0.2, -0.15) is 0 Å². The maximum absolute atomic E-state index is 12.3. The van der Waals surface area contributed by atoms with Gasteiger partial charge >= 0.3 is 5.97 Å². The molecule has 1 aromatic heterocycles. The summed E-state index contributed by atoms with van der Waals surface area (Å²) in [5.41, 5.74) is 1.38. The van der Waals surface area contributed by atoms with E-state index in [0.29, 0.717) is 18.7 Å². The van der Waals surface area contributed by atoms with Crippen LogP contribution in [0.5, 0.6) is 0 Å². The molecule has 1 N–H and O–H groups in total. The normalized spacial score (nSPS) is 10.5. The highest BCUT2D eigenvalue weighted by Crippen LogP contribution is 2.08. The maximum atomic E-state index is 12.3. The van der Waals surface area contributed by atoms with Gasteiger partial charge in [-0.3, -0.25) is 4.79 Å². The molecule has 1 aromatic carbocycles. The lowest BCUT2D eigenvalue weighted by atomic mass is 10.2. The highest BCUT2D eigenvalue weighted by molar-refractivity contribution is 5.86. The van der Waals surface area contributed by atoms with Crippen molar-refractivity contribution in [3.63, 3.8) is 0 Å². The molecule has 0 fully saturated rings. The molecule has 0 aliphatic rings. The van der Waals surface area contributed by atoms with E-state index in [1.165, 1.54) is 4.68 Å². The van der Waals surface area contributed by atoms with Crippen LogP contribution in [0.2, 0.25) is 0 Å². The zero-order chi connectivity index (χ0) is 16.1. The van der Waals surface area contributed by atoms with Crippen LogP contribution in [0.4, 0.5) is 0 Å². The minimum absolute atomic E-state index is 0.0210. The van der Waals surface area contributed by atoms with Crippen molar-refractivity contribution >= 4 is 11.9 Å². The molecule has 0 bridgehead atoms. The van der Waals surface area contributed by atoms with Crippen molar-refractivity contribution < 1.29 is 14.7 Å². The Morgan fingerprint density at radius 2 is 1.95 bits per heavy atom. The Morgan fingerprint density at radius 1 is 1.27 bits per heavy atom. The van der Waals surface area contributed by atoms with Gasteiger partial charge in [-0.05, 0) is 12.0 Å². The summed E-state index contributed by atoms with van der Waals surface area (Å²) < 4.78 is 1.35. The third kappa shape index (κ3) is 3.49. The minimum atomic E-state index is -1.13. The van der Waals surface area contributed by atoms with E-state index in [9.17, 15) is 9.59 Å². The Bertz CT molecular complexity index is 667. The number of likely N-dealkylation sites (N-methyl/N-ethyl adjacent to an activating group) is 1. The molecular formula is C15H18N4O3. The second-order valence-corrected chi connectivity index (χ2v) is 4.94. The molecule has 0 aliphatic carbocycles. The van der Waals surface area contributed by atoms with Gasteiger partial charge in [0.25, 0.3) is 0 Å². The molecule has 1 amide bonds. The Labute approximate surface area is 128 Å². The molecule has 7 nitrogen and oxygen atoms in total. The zero-order valence-corrected chi connectivity index (χ0v) is 12.6. The van der Waals surface area contributed by atoms with Gasteiger partial charge in [-0.1, -0.05) is 42.5 Å². The van der Waals surface area contributed by atoms with Crippen molar-refractivity contribution in [2.24, 2.45) is 0 Å². The molecular weight excluding hydrogens is 284 g/mol. The standard InChI is InChI=1S/C15H18N4O3/c1-3-12-14(15(21)22)16-17-19(12)10-13(20)18(2)9-11-7-5-4-6-8-11/h4-8H,3,9-10H2,1-2H3,(H,21,22). The summed E-state index contributed by atoms with van der Waals surface area (Å²) in [4.78, 5) is 24.9. The lowest BCUT2D eigenvalue weighted by molar-refractivity contribution is -0.131. The van der Waals surface area contributed by atoms with Crippen molar-refractivity contribution in [3.8, 4) is 0 Å². The Morgan fingerprint density at radius 3 is 2.55 bits per heavy atom. The van der Waals surface area contributed by atoms with Gasteiger partial charge in [0, 0.05) is 13.6 Å². The molecule has 2 aromatic rings. The molecule has 0 spiro atoms. The Balaban J connectivity index is 2.07. The summed E-state index contributed by atoms with van der Waals surface area (Å²) in [7, 11) is 1.70. The number of rotatable bonds is 6. The molecule has 0 aliphatic heterocycles. The lowest BCUT2D eigenvalue weighted by Gasteiger charge is -2.17. The fourth-order valence-corrected chi connectivity index (χ4v) is 2.17. The molecule has 0 saturated carbocycles. The van der Waals surface area contributed by atoms with Crippen molar-refractivity contribution in [3.05, 3.63) is 47.3 Å². The van der Waals surface area contributed by atoms with Crippen LogP contribution < -0.4 is 0 Å². The number of aromatic nitrogens is 3. The van der Waals surface area contributed by atoms with Gasteiger partial charge in [0.2, 0.25) is 5.91 Å². The molecule has 0 saturated heterocycles. The average molecular weight is 302 g/mol. The third-order valence-corrected chi connectivity index (χ3v) is 3.35. The lowest BCUT2D eigenvalue weighted by Crippen LogP contribution is -2.30. The first-order chi connectivity index (χ1) is 10.5. The summed E-state index contributed by atoms with van der Waals surface area (Å²) in [6.45, 7) is 2.27. The summed E-state index contributed by atoms with van der Waals surface area (Å²) in [6, 6.07) is 9.64. The van der Waals surface area contributed by atoms with Crippen LogP contribution in [0, 0.1) is 0 Å². The number of carboxylic acids is 1. The quantitative estimate of drug-likeness (QED) is 0.866. The molecule has 0 radical (unpaired) electrons. The second-order valence-electron chi connectivity index (χ2n) is 4.94. The number of carbonyl (C=O) groups is 2. The van der Waals surface area contributed by atoms with Crippen LogP contribution >= 0.6 is 0 Å². The predicted molar refractivity (Wildman–Crippen MR) is 79.3 cm³/mol. The van der Waals surface area contributed by atoms with E-state index in [2.05, 4.69) is 10.3 Å². The SMILES string of the molecule is CCc1c(C(=O)O)nnn1CC(=O)N(C)Cc1ccccc1. The number of amides is 1. The van der Waals surface area contributed by atoms with Gasteiger partial charge in [0.15, 0.2) is 5.69 Å². The minimum Gasteiger partial charge on any atom is -0.476 e. The fraction of sp³-hybridized carbons (Fsp3) is 0.333. The average Bonchev–Trinajstić information content (AvgIpc) is 2.91. The van der Waals surface area contributed by atoms with E-state index in [1.807, 2.05) is 30.3 Å². The Hall–Kier alpha value is -2.70. The van der Waals surface area contributed by atoms with Gasteiger partial charge in [-0.25, -0.2) is 9.48 Å². The van der Waals surface area contributed by atoms with Crippen molar-refractivity contribution in [1.29, 1.82) is 0 Å². The van der Waals surface area contributed by atoms with Gasteiger partial charge < -0.3 is 10.0 Å². The van der Waals surface area contributed by atoms with Crippen molar-refractivity contribution in [2.75, 3.05) is 7.05 Å². The van der Waals surface area contributed by atoms with Crippen LogP contribution in [-0.4, -0.2) is 43.9 Å². The Kier molecular flexibility index (Phi) is 4.88. The first-order valence-corrected chi connectivity index (χ1v) is 6.96. The van der Waals surface area contributed by atoms with E-state index in [-0.39, 0.29) is 18.1 Å². The zero-order valence-electron chi connectivity index (χ0n) is 12.6. The van der Waals surface area contributed by atoms with Crippen molar-refractivity contribution in [2.45, 2.75) is 26.4 Å². The van der Waals surface area contributed by atoms with E-state index in [4.69, 9.17) is 5.11 Å². The van der Waals surface area contributed by atoms with Gasteiger partial charge in [0.1, 0.15) is 6.54 Å². The highest BCUT2D eigenvalue weighted by Gasteiger charge is 2.20. The summed E-state index contributed by atoms with van der Waals surface area (Å²) in [6.07, 6.45) is 0.449. The molecule has 2 rings (SSSR count). The monoisotopic (exact) mass is 302 g/mol. The van der Waals surface area contributed by atoms with Crippen LogP contribution in [0.15, 0.2) is 30.3 Å². The van der Waals surface area contributed by atoms with E-state index in [1.54, 1.807) is 18.9 Å². The number of hydrogen-bond acceptors (Lipinski definition) is 4. The van der Waals surface area contributed by atoms with Crippen LogP contribution in [0.1, 0.15) is 28.7 Å². The summed E-state index contributed by atoms with van der Waals surface area (Å²) >= 11 is 0. The molecule has 7 heteroatoms. The molecule has 0 unspecified atom stereocenters. The van der Waals surface area contributed by atoms with E-state index < -0.39 is 5.97 Å². The van der Waals surface area contributed by atoms with E-state index in [0.717, 1.165) is 5.56 Å². The smallest absolute Gasteiger partial charge is 0.358 e. The number of nitrogens with zero attached hydrogens (tertiary/aromatic N) is 4. The summed E-state index contributed by atoms with van der Waals surface area (Å²) in [5.74, 6) is -1.28. The largest absolute Gasteiger partial charge is 0.476 e. The van der Waals surface area contributed by atoms with Crippen LogP contribution in [-0.2, 0) is 24.3 Å². The second kappa shape index (κ2) is 6.84. The van der Waals surface area contributed by atoms with Gasteiger partial charge in [-0.15, -0.1) is 5.10 Å². The maximum Gasteiger partial charge on any atom is 0.358 e. The highest BCUT2D eigenvalue weighted by atomic mass is 16.4. The number of carbonyl (C=O) groups excluding carboxylic acids is 1. The first-order valence-electron chi connectivity index (χ1n) is 6.96. The first kappa shape index (κ1) is 15.7. The third-order valence-electron chi connectivity index (χ3n) is 3.35. The topological polar surface area (TPSA) is 88.3 Å². The fourth-order valence-electron chi connectivity index (χ4n) is 2.17. The molecule has 22 heavy (non-hydrogen) atoms. The molecule has 116 valence electrons. The summed E-state index contributed by atoms with van der Waals surface area (Å²) in [5, 5.41) is 16.4. The number of benzene rings is 1. The molecule has 0 atom stereocenters. The van der Waals surface area contributed by atoms with Crippen LogP contribution in [0.3, 0.4) is 0 Å². The number of carboxylic acid groups (broad SMARTS) is 1. The number of hydrogen-bond donors (Lipinski definition) is 1. The van der Waals surface area contributed by atoms with Gasteiger partial charge in [0.05, 0.1) is 5.69 Å².